The quantitative estimate of drug-likeness (QED) is 0.693. The molecule has 2 aromatic carbocycles. The summed E-state index contributed by atoms with van der Waals surface area (Å²) in [4.78, 5) is 0.0320. The second-order valence-electron chi connectivity index (χ2n) is 6.54. The number of rotatable bonds is 6. The highest BCUT2D eigenvalue weighted by atomic mass is 32.2. The number of para-hydroxylation sites is 2. The Morgan fingerprint density at radius 3 is 1.96 bits per heavy atom. The fourth-order valence-corrected chi connectivity index (χ4v) is 4.82. The molecule has 28 heavy (non-hydrogen) atoms. The smallest absolute Gasteiger partial charge is 0.242 e. The molecule has 0 aliphatic carbocycles. The lowest BCUT2D eigenvalue weighted by atomic mass is 10.2. The van der Waals surface area contributed by atoms with Crippen LogP contribution in [0.4, 0.5) is 0 Å². The zero-order valence-corrected chi connectivity index (χ0v) is 17.4. The molecular weight excluding hydrogens is 404 g/mol. The lowest BCUT2D eigenvalue weighted by Crippen LogP contribution is -2.41. The first kappa shape index (κ1) is 20.6. The Labute approximate surface area is 165 Å². The van der Waals surface area contributed by atoms with Crippen molar-refractivity contribution in [2.45, 2.75) is 15.9 Å². The van der Waals surface area contributed by atoms with Gasteiger partial charge in [0.1, 0.15) is 12.7 Å². The molecule has 10 heteroatoms. The van der Waals surface area contributed by atoms with Gasteiger partial charge in [0.05, 0.1) is 16.3 Å². The summed E-state index contributed by atoms with van der Waals surface area (Å²) in [5, 5.41) is 0. The molecule has 0 saturated carbocycles. The molecule has 0 radical (unpaired) electrons. The van der Waals surface area contributed by atoms with Gasteiger partial charge in [-0.15, -0.1) is 0 Å². The fraction of sp³-hybridized carbons (Fsp3) is 0.333. The maximum atomic E-state index is 12.8. The molecule has 0 bridgehead atoms. The summed E-state index contributed by atoms with van der Waals surface area (Å²) in [5.41, 5.74) is 0. The third kappa shape index (κ3) is 4.00. The van der Waals surface area contributed by atoms with Crippen molar-refractivity contribution < 1.29 is 26.3 Å². The second-order valence-corrected chi connectivity index (χ2v) is 10.7. The molecule has 0 fully saturated rings. The Hall–Kier alpha value is -2.14. The first-order valence-electron chi connectivity index (χ1n) is 8.50. The Bertz CT molecular complexity index is 1050. The molecule has 0 aromatic heterocycles. The molecule has 152 valence electrons. The van der Waals surface area contributed by atoms with E-state index in [4.69, 9.17) is 9.47 Å². The highest BCUT2D eigenvalue weighted by molar-refractivity contribution is 7.89. The number of nitrogens with zero attached hydrogens (tertiary/aromatic N) is 2. The SMILES string of the molecule is CN(C)S(=O)(=O)c1ccc(S(=O)(=O)N(C)CC2COc3ccccc3O2)cc1. The summed E-state index contributed by atoms with van der Waals surface area (Å²) in [7, 11) is -3.15. The largest absolute Gasteiger partial charge is 0.486 e. The van der Waals surface area contributed by atoms with Crippen molar-refractivity contribution in [2.24, 2.45) is 0 Å². The third-order valence-electron chi connectivity index (χ3n) is 4.34. The number of fused-ring (bicyclic) bond motifs is 1. The van der Waals surface area contributed by atoms with Gasteiger partial charge >= 0.3 is 0 Å². The Balaban J connectivity index is 1.74. The highest BCUT2D eigenvalue weighted by Gasteiger charge is 2.28. The van der Waals surface area contributed by atoms with Crippen molar-refractivity contribution >= 4 is 20.0 Å². The first-order valence-corrected chi connectivity index (χ1v) is 11.4. The van der Waals surface area contributed by atoms with Crippen molar-refractivity contribution in [3.05, 3.63) is 48.5 Å². The molecular formula is C18H22N2O6S2. The van der Waals surface area contributed by atoms with E-state index in [9.17, 15) is 16.8 Å². The predicted octanol–water partition coefficient (Wildman–Crippen LogP) is 1.40. The Kier molecular flexibility index (Phi) is 5.67. The molecule has 2 aromatic rings. The molecule has 0 N–H and O–H groups in total. The van der Waals surface area contributed by atoms with Crippen LogP contribution in [-0.4, -0.2) is 65.8 Å². The average Bonchev–Trinajstić information content (AvgIpc) is 2.67. The molecule has 0 saturated heterocycles. The first-order chi connectivity index (χ1) is 13.1. The normalized spacial score (nSPS) is 17.1. The van der Waals surface area contributed by atoms with Gasteiger partial charge in [0.25, 0.3) is 0 Å². The van der Waals surface area contributed by atoms with E-state index in [0.29, 0.717) is 11.5 Å². The number of ether oxygens (including phenoxy) is 2. The van der Waals surface area contributed by atoms with Gasteiger partial charge in [-0.05, 0) is 36.4 Å². The van der Waals surface area contributed by atoms with Crippen LogP contribution in [0.25, 0.3) is 0 Å². The Morgan fingerprint density at radius 2 is 1.39 bits per heavy atom. The van der Waals surface area contributed by atoms with Crippen LogP contribution in [-0.2, 0) is 20.0 Å². The second kappa shape index (κ2) is 7.70. The van der Waals surface area contributed by atoms with Crippen LogP contribution in [0.15, 0.2) is 58.3 Å². The number of hydrogen-bond acceptors (Lipinski definition) is 6. The van der Waals surface area contributed by atoms with E-state index in [0.717, 1.165) is 4.31 Å². The van der Waals surface area contributed by atoms with Crippen LogP contribution < -0.4 is 9.47 Å². The molecule has 3 rings (SSSR count). The summed E-state index contributed by atoms with van der Waals surface area (Å²) in [6, 6.07) is 12.3. The van der Waals surface area contributed by atoms with Crippen molar-refractivity contribution in [1.82, 2.24) is 8.61 Å². The minimum Gasteiger partial charge on any atom is -0.486 e. The number of benzene rings is 2. The summed E-state index contributed by atoms with van der Waals surface area (Å²) < 4.78 is 63.5. The van der Waals surface area contributed by atoms with Crippen molar-refractivity contribution in [2.75, 3.05) is 34.3 Å². The summed E-state index contributed by atoms with van der Waals surface area (Å²) in [5.74, 6) is 1.20. The lowest BCUT2D eigenvalue weighted by Gasteiger charge is -2.29. The Morgan fingerprint density at radius 1 is 0.857 bits per heavy atom. The van der Waals surface area contributed by atoms with Crippen LogP contribution in [0.2, 0.25) is 0 Å². The molecule has 1 atom stereocenters. The van der Waals surface area contributed by atoms with E-state index >= 15 is 0 Å². The van der Waals surface area contributed by atoms with Crippen LogP contribution >= 0.6 is 0 Å². The van der Waals surface area contributed by atoms with Gasteiger partial charge in [-0.3, -0.25) is 0 Å². The monoisotopic (exact) mass is 426 g/mol. The van der Waals surface area contributed by atoms with E-state index in [2.05, 4.69) is 0 Å². The zero-order valence-electron chi connectivity index (χ0n) is 15.8. The maximum absolute atomic E-state index is 12.8. The third-order valence-corrected chi connectivity index (χ3v) is 8.01. The van der Waals surface area contributed by atoms with E-state index in [1.54, 1.807) is 12.1 Å². The lowest BCUT2D eigenvalue weighted by molar-refractivity contribution is 0.0798. The summed E-state index contributed by atoms with van der Waals surface area (Å²) >= 11 is 0. The van der Waals surface area contributed by atoms with E-state index < -0.39 is 26.2 Å². The predicted molar refractivity (Wildman–Crippen MR) is 103 cm³/mol. The van der Waals surface area contributed by atoms with Crippen molar-refractivity contribution in [3.63, 3.8) is 0 Å². The van der Waals surface area contributed by atoms with Crippen LogP contribution in [0.5, 0.6) is 11.5 Å². The molecule has 8 nitrogen and oxygen atoms in total. The topological polar surface area (TPSA) is 93.2 Å². The van der Waals surface area contributed by atoms with E-state index in [1.807, 2.05) is 12.1 Å². The van der Waals surface area contributed by atoms with E-state index in [1.165, 1.54) is 49.7 Å². The fourth-order valence-electron chi connectivity index (χ4n) is 2.71. The highest BCUT2D eigenvalue weighted by Crippen LogP contribution is 2.31. The van der Waals surface area contributed by atoms with Gasteiger partial charge in [-0.2, -0.15) is 4.31 Å². The number of hydrogen-bond donors (Lipinski definition) is 0. The van der Waals surface area contributed by atoms with Gasteiger partial charge in [0, 0.05) is 21.1 Å². The molecule has 1 heterocycles. The number of likely N-dealkylation sites (N-methyl/N-ethyl adjacent to an activating group) is 1. The van der Waals surface area contributed by atoms with Gasteiger partial charge in [-0.25, -0.2) is 21.1 Å². The standard InChI is InChI=1S/C18H22N2O6S2/c1-19(2)27(21,22)15-8-10-16(11-9-15)28(23,24)20(3)12-14-13-25-17-6-4-5-7-18(17)26-14/h4-11,14H,12-13H2,1-3H3. The summed E-state index contributed by atoms with van der Waals surface area (Å²) in [6.45, 7) is 0.325. The van der Waals surface area contributed by atoms with Gasteiger partial charge < -0.3 is 9.47 Å². The zero-order chi connectivity index (χ0) is 20.5. The molecule has 0 spiro atoms. The summed E-state index contributed by atoms with van der Waals surface area (Å²) in [6.07, 6.45) is -0.455. The average molecular weight is 427 g/mol. The van der Waals surface area contributed by atoms with Crippen LogP contribution in [0.1, 0.15) is 0 Å². The minimum atomic E-state index is -3.81. The molecule has 1 unspecified atom stereocenters. The minimum absolute atomic E-state index is 0.00448. The van der Waals surface area contributed by atoms with Crippen LogP contribution in [0.3, 0.4) is 0 Å². The van der Waals surface area contributed by atoms with Gasteiger partial charge in [0.15, 0.2) is 11.5 Å². The molecule has 1 aliphatic rings. The van der Waals surface area contributed by atoms with E-state index in [-0.39, 0.29) is 22.9 Å². The maximum Gasteiger partial charge on any atom is 0.242 e. The van der Waals surface area contributed by atoms with Gasteiger partial charge in [0.2, 0.25) is 20.0 Å². The van der Waals surface area contributed by atoms with Gasteiger partial charge in [-0.1, -0.05) is 12.1 Å². The van der Waals surface area contributed by atoms with Crippen molar-refractivity contribution in [3.8, 4) is 11.5 Å². The number of sulfonamides is 2. The van der Waals surface area contributed by atoms with Crippen LogP contribution in [0, 0.1) is 0 Å². The van der Waals surface area contributed by atoms with Crippen molar-refractivity contribution in [1.29, 1.82) is 0 Å². The molecule has 1 aliphatic heterocycles. The molecule has 0 amide bonds.